The van der Waals surface area contributed by atoms with Crippen molar-refractivity contribution in [1.82, 2.24) is 0 Å². The predicted molar refractivity (Wildman–Crippen MR) is 64.4 cm³/mol. The number of benzene rings is 2. The van der Waals surface area contributed by atoms with Crippen molar-refractivity contribution in [1.29, 1.82) is 0 Å². The van der Waals surface area contributed by atoms with Crippen molar-refractivity contribution < 1.29 is 9.47 Å². The van der Waals surface area contributed by atoms with Crippen LogP contribution in [0.4, 0.5) is 0 Å². The van der Waals surface area contributed by atoms with Gasteiger partial charge in [0.2, 0.25) is 0 Å². The molecule has 16 heavy (non-hydrogen) atoms. The molecule has 0 saturated heterocycles. The van der Waals surface area contributed by atoms with E-state index in [0.717, 1.165) is 22.1 Å². The van der Waals surface area contributed by atoms with E-state index in [4.69, 9.17) is 15.9 Å². The molecule has 0 aromatic heterocycles. The molecule has 2 aromatic carbocycles. The summed E-state index contributed by atoms with van der Waals surface area (Å²) in [4.78, 5) is 0. The summed E-state index contributed by atoms with van der Waals surface area (Å²) in [5, 5.41) is 2.14. The quantitative estimate of drug-likeness (QED) is 0.575. The van der Waals surface area contributed by atoms with E-state index in [0.29, 0.717) is 0 Å². The molecule has 0 saturated carbocycles. The highest BCUT2D eigenvalue weighted by molar-refractivity contribution is 5.89. The molecule has 0 fully saturated rings. The number of ether oxygens (including phenoxy) is 2. The van der Waals surface area contributed by atoms with Gasteiger partial charge in [-0.2, -0.15) is 0 Å². The fraction of sp³-hybridized carbons (Fsp3) is 0.143. The third kappa shape index (κ3) is 2.00. The molecule has 0 amide bonds. The summed E-state index contributed by atoms with van der Waals surface area (Å²) in [6.07, 6.45) is 5.43. The second kappa shape index (κ2) is 4.69. The lowest BCUT2D eigenvalue weighted by molar-refractivity contribution is 0.0512. The number of hydrogen-bond acceptors (Lipinski definition) is 2. The summed E-state index contributed by atoms with van der Waals surface area (Å²) >= 11 is 0. The molecule has 2 nitrogen and oxygen atoms in total. The molecule has 2 rings (SSSR count). The highest BCUT2D eigenvalue weighted by Crippen LogP contribution is 2.23. The first kappa shape index (κ1) is 10.5. The Balaban J connectivity index is 2.44. The maximum absolute atomic E-state index is 5.43. The van der Waals surface area contributed by atoms with Gasteiger partial charge in [0.15, 0.2) is 6.79 Å². The normalized spacial score (nSPS) is 10.0. The van der Waals surface area contributed by atoms with Gasteiger partial charge in [-0.05, 0) is 35.0 Å². The number of terminal acetylenes is 1. The zero-order valence-electron chi connectivity index (χ0n) is 9.07. The van der Waals surface area contributed by atoms with E-state index in [1.54, 1.807) is 7.11 Å². The number of methoxy groups -OCH3 is 1. The molecular formula is C14H12O2. The molecule has 80 valence electrons. The second-order valence-electron chi connectivity index (χ2n) is 3.38. The van der Waals surface area contributed by atoms with E-state index in [9.17, 15) is 0 Å². The molecule has 0 spiro atoms. The lowest BCUT2D eigenvalue weighted by atomic mass is 10.1. The van der Waals surface area contributed by atoms with E-state index in [-0.39, 0.29) is 6.79 Å². The molecular weight excluding hydrogens is 200 g/mol. The molecule has 0 heterocycles. The average Bonchev–Trinajstić information content (AvgIpc) is 2.35. The largest absolute Gasteiger partial charge is 0.468 e. The Morgan fingerprint density at radius 1 is 1.25 bits per heavy atom. The van der Waals surface area contributed by atoms with Crippen LogP contribution >= 0.6 is 0 Å². The van der Waals surface area contributed by atoms with Gasteiger partial charge in [0.1, 0.15) is 5.75 Å². The second-order valence-corrected chi connectivity index (χ2v) is 3.38. The van der Waals surface area contributed by atoms with Crippen LogP contribution in [0, 0.1) is 12.3 Å². The van der Waals surface area contributed by atoms with Crippen molar-refractivity contribution in [2.75, 3.05) is 13.9 Å². The van der Waals surface area contributed by atoms with E-state index < -0.39 is 0 Å². The van der Waals surface area contributed by atoms with Crippen molar-refractivity contribution in [3.05, 3.63) is 42.0 Å². The van der Waals surface area contributed by atoms with Gasteiger partial charge < -0.3 is 9.47 Å². The number of rotatable bonds is 3. The fourth-order valence-electron chi connectivity index (χ4n) is 1.60. The smallest absolute Gasteiger partial charge is 0.188 e. The third-order valence-corrected chi connectivity index (χ3v) is 2.35. The fourth-order valence-corrected chi connectivity index (χ4v) is 1.60. The van der Waals surface area contributed by atoms with Crippen LogP contribution in [0.2, 0.25) is 0 Å². The Bertz CT molecular complexity index is 538. The minimum absolute atomic E-state index is 0.250. The van der Waals surface area contributed by atoms with E-state index in [1.807, 2.05) is 36.4 Å². The minimum atomic E-state index is 0.250. The molecule has 0 aliphatic rings. The van der Waals surface area contributed by atoms with Gasteiger partial charge >= 0.3 is 0 Å². The average molecular weight is 212 g/mol. The zero-order chi connectivity index (χ0) is 11.4. The maximum atomic E-state index is 5.43. The summed E-state index contributed by atoms with van der Waals surface area (Å²) in [5.74, 6) is 3.45. The summed E-state index contributed by atoms with van der Waals surface area (Å²) in [6.45, 7) is 0.250. The molecule has 0 bridgehead atoms. The molecule has 0 aliphatic heterocycles. The SMILES string of the molecule is C#Cc1cccc2cc(OCOC)ccc12. The molecule has 2 aromatic rings. The lowest BCUT2D eigenvalue weighted by Gasteiger charge is -2.06. The Morgan fingerprint density at radius 2 is 2.12 bits per heavy atom. The van der Waals surface area contributed by atoms with Gasteiger partial charge in [0.25, 0.3) is 0 Å². The first-order valence-corrected chi connectivity index (χ1v) is 4.96. The van der Waals surface area contributed by atoms with Crippen LogP contribution in [0.5, 0.6) is 5.75 Å². The maximum Gasteiger partial charge on any atom is 0.188 e. The number of fused-ring (bicyclic) bond motifs is 1. The molecule has 2 heteroatoms. The molecule has 0 N–H and O–H groups in total. The van der Waals surface area contributed by atoms with Gasteiger partial charge in [-0.25, -0.2) is 0 Å². The first-order chi connectivity index (χ1) is 7.85. The highest BCUT2D eigenvalue weighted by Gasteiger charge is 2.00. The molecule has 0 atom stereocenters. The molecule has 0 aliphatic carbocycles. The van der Waals surface area contributed by atoms with Gasteiger partial charge in [-0.3, -0.25) is 0 Å². The Hall–Kier alpha value is -1.98. The highest BCUT2D eigenvalue weighted by atomic mass is 16.7. The van der Waals surface area contributed by atoms with Gasteiger partial charge in [-0.1, -0.05) is 18.1 Å². The van der Waals surface area contributed by atoms with E-state index in [2.05, 4.69) is 5.92 Å². The zero-order valence-corrected chi connectivity index (χ0v) is 9.07. The summed E-state index contributed by atoms with van der Waals surface area (Å²) in [7, 11) is 1.59. The van der Waals surface area contributed by atoms with Crippen molar-refractivity contribution >= 4 is 10.8 Å². The lowest BCUT2D eigenvalue weighted by Crippen LogP contribution is -1.98. The van der Waals surface area contributed by atoms with Crippen LogP contribution in [0.1, 0.15) is 5.56 Å². The third-order valence-electron chi connectivity index (χ3n) is 2.35. The Morgan fingerprint density at radius 3 is 2.88 bits per heavy atom. The van der Waals surface area contributed by atoms with Crippen LogP contribution in [-0.2, 0) is 4.74 Å². The monoisotopic (exact) mass is 212 g/mol. The summed E-state index contributed by atoms with van der Waals surface area (Å²) in [6, 6.07) is 11.7. The van der Waals surface area contributed by atoms with Crippen molar-refractivity contribution in [3.63, 3.8) is 0 Å². The first-order valence-electron chi connectivity index (χ1n) is 4.96. The van der Waals surface area contributed by atoms with Crippen LogP contribution in [0.25, 0.3) is 10.8 Å². The molecule has 0 radical (unpaired) electrons. The Labute approximate surface area is 94.8 Å². The van der Waals surface area contributed by atoms with Crippen molar-refractivity contribution in [3.8, 4) is 18.1 Å². The Kier molecular flexibility index (Phi) is 3.09. The summed E-state index contributed by atoms with van der Waals surface area (Å²) < 4.78 is 10.2. The van der Waals surface area contributed by atoms with E-state index >= 15 is 0 Å². The van der Waals surface area contributed by atoms with Gasteiger partial charge in [0.05, 0.1) is 0 Å². The standard InChI is InChI=1S/C14H12O2/c1-3-11-5-4-6-12-9-13(16-10-15-2)7-8-14(11)12/h1,4-9H,10H2,2H3. The van der Waals surface area contributed by atoms with Crippen LogP contribution in [-0.4, -0.2) is 13.9 Å². The van der Waals surface area contributed by atoms with Crippen LogP contribution in [0.15, 0.2) is 36.4 Å². The van der Waals surface area contributed by atoms with Crippen LogP contribution in [0.3, 0.4) is 0 Å². The topological polar surface area (TPSA) is 18.5 Å². The van der Waals surface area contributed by atoms with E-state index in [1.165, 1.54) is 0 Å². The minimum Gasteiger partial charge on any atom is -0.468 e. The van der Waals surface area contributed by atoms with Gasteiger partial charge in [0, 0.05) is 12.7 Å². The van der Waals surface area contributed by atoms with Crippen LogP contribution < -0.4 is 4.74 Å². The molecule has 0 unspecified atom stereocenters. The predicted octanol–water partition coefficient (Wildman–Crippen LogP) is 2.80. The van der Waals surface area contributed by atoms with Crippen molar-refractivity contribution in [2.24, 2.45) is 0 Å². The number of hydrogen-bond donors (Lipinski definition) is 0. The van der Waals surface area contributed by atoms with Crippen molar-refractivity contribution in [2.45, 2.75) is 0 Å². The summed E-state index contributed by atoms with van der Waals surface area (Å²) in [5.41, 5.74) is 0.899. The van der Waals surface area contributed by atoms with Gasteiger partial charge in [-0.15, -0.1) is 6.42 Å².